The van der Waals surface area contributed by atoms with Crippen molar-refractivity contribution in [1.82, 2.24) is 5.32 Å². The number of rotatable bonds is 8. The zero-order valence-corrected chi connectivity index (χ0v) is 13.9. The fraction of sp³-hybridized carbons (Fsp3) is 0.444. The highest BCUT2D eigenvalue weighted by Crippen LogP contribution is 2.21. The predicted octanol–water partition coefficient (Wildman–Crippen LogP) is 2.52. The molecule has 0 saturated heterocycles. The molecular formula is C18H24N2O3. The van der Waals surface area contributed by atoms with E-state index in [1.807, 2.05) is 32.0 Å². The summed E-state index contributed by atoms with van der Waals surface area (Å²) in [7, 11) is 0. The molecule has 0 fully saturated rings. The van der Waals surface area contributed by atoms with E-state index in [1.54, 1.807) is 25.1 Å². The third-order valence-corrected chi connectivity index (χ3v) is 3.20. The molecule has 0 aliphatic heterocycles. The van der Waals surface area contributed by atoms with Crippen LogP contribution in [0.3, 0.4) is 0 Å². The van der Waals surface area contributed by atoms with Crippen molar-refractivity contribution < 1.29 is 14.6 Å². The molecule has 2 N–H and O–H groups in total. The average molecular weight is 316 g/mol. The SMILES string of the molecule is CC(O)CC(C)(C)CNC(=O)/C=C/c1ccc(OCC#N)cc1. The quantitative estimate of drug-likeness (QED) is 0.722. The van der Waals surface area contributed by atoms with Crippen molar-refractivity contribution >= 4 is 12.0 Å². The summed E-state index contributed by atoms with van der Waals surface area (Å²) in [6.07, 6.45) is 3.43. The highest BCUT2D eigenvalue weighted by molar-refractivity contribution is 5.91. The maximum atomic E-state index is 11.8. The number of aliphatic hydroxyl groups is 1. The Balaban J connectivity index is 2.47. The van der Waals surface area contributed by atoms with Crippen LogP contribution < -0.4 is 10.1 Å². The lowest BCUT2D eigenvalue weighted by molar-refractivity contribution is -0.117. The van der Waals surface area contributed by atoms with Crippen LogP contribution in [0, 0.1) is 16.7 Å². The van der Waals surface area contributed by atoms with Crippen molar-refractivity contribution in [2.75, 3.05) is 13.2 Å². The molecule has 0 spiro atoms. The molecular weight excluding hydrogens is 292 g/mol. The summed E-state index contributed by atoms with van der Waals surface area (Å²) in [5, 5.41) is 20.7. The number of hydrogen-bond donors (Lipinski definition) is 2. The molecule has 124 valence electrons. The average Bonchev–Trinajstić information content (AvgIpc) is 2.49. The van der Waals surface area contributed by atoms with Crippen LogP contribution in [-0.4, -0.2) is 30.3 Å². The van der Waals surface area contributed by atoms with Crippen LogP contribution in [0.2, 0.25) is 0 Å². The first-order valence-electron chi connectivity index (χ1n) is 7.56. The third kappa shape index (κ3) is 8.03. The smallest absolute Gasteiger partial charge is 0.244 e. The Morgan fingerprint density at radius 3 is 2.65 bits per heavy atom. The number of nitrogens with zero attached hydrogens (tertiary/aromatic N) is 1. The number of benzene rings is 1. The second-order valence-electron chi connectivity index (χ2n) is 6.28. The van der Waals surface area contributed by atoms with Gasteiger partial charge in [-0.25, -0.2) is 0 Å². The van der Waals surface area contributed by atoms with Gasteiger partial charge in [0, 0.05) is 12.6 Å². The van der Waals surface area contributed by atoms with E-state index in [-0.39, 0.29) is 24.0 Å². The van der Waals surface area contributed by atoms with Crippen LogP contribution in [0.4, 0.5) is 0 Å². The fourth-order valence-electron chi connectivity index (χ4n) is 2.22. The van der Waals surface area contributed by atoms with Crippen molar-refractivity contribution in [2.24, 2.45) is 5.41 Å². The van der Waals surface area contributed by atoms with Crippen LogP contribution in [0.25, 0.3) is 6.08 Å². The first-order valence-corrected chi connectivity index (χ1v) is 7.56. The van der Waals surface area contributed by atoms with Gasteiger partial charge in [0.1, 0.15) is 11.8 Å². The van der Waals surface area contributed by atoms with Crippen LogP contribution in [-0.2, 0) is 4.79 Å². The molecule has 1 rings (SSSR count). The summed E-state index contributed by atoms with van der Waals surface area (Å²) in [6.45, 7) is 6.27. The van der Waals surface area contributed by atoms with E-state index in [4.69, 9.17) is 10.00 Å². The molecule has 0 aliphatic carbocycles. The van der Waals surface area contributed by atoms with Gasteiger partial charge >= 0.3 is 0 Å². The van der Waals surface area contributed by atoms with E-state index >= 15 is 0 Å². The molecule has 23 heavy (non-hydrogen) atoms. The lowest BCUT2D eigenvalue weighted by Gasteiger charge is -2.26. The van der Waals surface area contributed by atoms with E-state index in [1.165, 1.54) is 6.08 Å². The van der Waals surface area contributed by atoms with Crippen LogP contribution in [0.15, 0.2) is 30.3 Å². The van der Waals surface area contributed by atoms with Gasteiger partial charge in [-0.3, -0.25) is 4.79 Å². The summed E-state index contributed by atoms with van der Waals surface area (Å²) in [5.74, 6) is 0.446. The molecule has 1 atom stereocenters. The Hall–Kier alpha value is -2.32. The molecule has 0 saturated carbocycles. The Kier molecular flexibility index (Phi) is 7.30. The van der Waals surface area contributed by atoms with Gasteiger partial charge in [-0.2, -0.15) is 5.26 Å². The summed E-state index contributed by atoms with van der Waals surface area (Å²) >= 11 is 0. The van der Waals surface area contributed by atoms with E-state index in [0.717, 1.165) is 5.56 Å². The van der Waals surface area contributed by atoms with Gasteiger partial charge in [0.05, 0.1) is 6.10 Å². The Morgan fingerprint density at radius 1 is 1.43 bits per heavy atom. The molecule has 0 radical (unpaired) electrons. The lowest BCUT2D eigenvalue weighted by atomic mass is 9.87. The number of hydrogen-bond acceptors (Lipinski definition) is 4. The topological polar surface area (TPSA) is 82.3 Å². The number of ether oxygens (including phenoxy) is 1. The minimum Gasteiger partial charge on any atom is -0.479 e. The first kappa shape index (κ1) is 18.7. The molecule has 1 amide bonds. The minimum atomic E-state index is -0.390. The highest BCUT2D eigenvalue weighted by Gasteiger charge is 2.20. The Bertz CT molecular complexity index is 569. The van der Waals surface area contributed by atoms with Gasteiger partial charge < -0.3 is 15.2 Å². The van der Waals surface area contributed by atoms with Crippen LogP contribution in [0.5, 0.6) is 5.75 Å². The maximum Gasteiger partial charge on any atom is 0.244 e. The third-order valence-electron chi connectivity index (χ3n) is 3.20. The summed E-state index contributed by atoms with van der Waals surface area (Å²) in [6, 6.07) is 9.03. The number of carbonyl (C=O) groups is 1. The number of nitriles is 1. The van der Waals surface area contributed by atoms with Crippen molar-refractivity contribution in [3.05, 3.63) is 35.9 Å². The van der Waals surface area contributed by atoms with Crippen LogP contribution >= 0.6 is 0 Å². The van der Waals surface area contributed by atoms with Gasteiger partial charge in [0.15, 0.2) is 6.61 Å². The second-order valence-corrected chi connectivity index (χ2v) is 6.28. The van der Waals surface area contributed by atoms with Crippen molar-refractivity contribution in [1.29, 1.82) is 5.26 Å². The van der Waals surface area contributed by atoms with Gasteiger partial charge in [-0.05, 0) is 42.5 Å². The Morgan fingerprint density at radius 2 is 2.09 bits per heavy atom. The molecule has 0 bridgehead atoms. The fourth-order valence-corrected chi connectivity index (χ4v) is 2.22. The van der Waals surface area contributed by atoms with Gasteiger partial charge in [-0.1, -0.05) is 26.0 Å². The molecule has 0 heterocycles. The highest BCUT2D eigenvalue weighted by atomic mass is 16.5. The summed E-state index contributed by atoms with van der Waals surface area (Å²) in [4.78, 5) is 11.8. The standard InChI is InChI=1S/C18H24N2O3/c1-14(21)12-18(2,3)13-20-17(22)9-6-15-4-7-16(8-5-15)23-11-10-19/h4-9,14,21H,11-13H2,1-3H3,(H,20,22)/b9-6+. The van der Waals surface area contributed by atoms with E-state index in [2.05, 4.69) is 5.32 Å². The molecule has 0 aromatic heterocycles. The van der Waals surface area contributed by atoms with Crippen molar-refractivity contribution in [3.8, 4) is 11.8 Å². The maximum absolute atomic E-state index is 11.8. The number of amides is 1. The van der Waals surface area contributed by atoms with Gasteiger partial charge in [0.25, 0.3) is 0 Å². The van der Waals surface area contributed by atoms with Gasteiger partial charge in [0.2, 0.25) is 5.91 Å². The predicted molar refractivity (Wildman–Crippen MR) is 89.7 cm³/mol. The van der Waals surface area contributed by atoms with E-state index in [9.17, 15) is 9.90 Å². The van der Waals surface area contributed by atoms with E-state index < -0.39 is 0 Å². The van der Waals surface area contributed by atoms with Crippen molar-refractivity contribution in [2.45, 2.75) is 33.3 Å². The molecule has 0 aliphatic rings. The van der Waals surface area contributed by atoms with E-state index in [0.29, 0.717) is 18.7 Å². The largest absolute Gasteiger partial charge is 0.479 e. The minimum absolute atomic E-state index is 0.0137. The zero-order chi connectivity index (χ0) is 17.3. The van der Waals surface area contributed by atoms with Crippen molar-refractivity contribution in [3.63, 3.8) is 0 Å². The van der Waals surface area contributed by atoms with Gasteiger partial charge in [-0.15, -0.1) is 0 Å². The number of nitrogens with one attached hydrogen (secondary N) is 1. The zero-order valence-electron chi connectivity index (χ0n) is 13.9. The normalized spacial score (nSPS) is 12.7. The summed E-state index contributed by atoms with van der Waals surface area (Å²) in [5.41, 5.74) is 0.713. The first-order chi connectivity index (χ1) is 10.8. The molecule has 1 aromatic rings. The second kappa shape index (κ2) is 8.96. The number of carbonyl (C=O) groups excluding carboxylic acids is 1. The monoisotopic (exact) mass is 316 g/mol. The lowest BCUT2D eigenvalue weighted by Crippen LogP contribution is -2.34. The number of aliphatic hydroxyl groups excluding tert-OH is 1. The summed E-state index contributed by atoms with van der Waals surface area (Å²) < 4.78 is 5.16. The molecule has 1 aromatic carbocycles. The molecule has 1 unspecified atom stereocenters. The Labute approximate surface area is 137 Å². The molecule has 5 heteroatoms. The molecule has 5 nitrogen and oxygen atoms in total. The van der Waals surface area contributed by atoms with Crippen LogP contribution in [0.1, 0.15) is 32.8 Å².